The van der Waals surface area contributed by atoms with E-state index in [1.807, 2.05) is 0 Å². The van der Waals surface area contributed by atoms with Crippen LogP contribution < -0.4 is 5.32 Å². The summed E-state index contributed by atoms with van der Waals surface area (Å²) < 4.78 is 41.0. The molecule has 1 fully saturated rings. The van der Waals surface area contributed by atoms with Gasteiger partial charge in [0.1, 0.15) is 0 Å². The number of carbonyl (C=O) groups excluding carboxylic acids is 1. The molecule has 28 heavy (non-hydrogen) atoms. The van der Waals surface area contributed by atoms with Gasteiger partial charge in [-0.3, -0.25) is 9.89 Å². The number of rotatable bonds is 4. The van der Waals surface area contributed by atoms with E-state index >= 15 is 0 Å². The number of aromatic amines is 1. The van der Waals surface area contributed by atoms with Crippen LogP contribution in [0.5, 0.6) is 0 Å². The van der Waals surface area contributed by atoms with Gasteiger partial charge in [-0.05, 0) is 31.0 Å². The number of anilines is 1. The molecule has 0 spiro atoms. The second-order valence-electron chi connectivity index (χ2n) is 6.24. The van der Waals surface area contributed by atoms with Crippen LogP contribution in [-0.2, 0) is 6.18 Å². The van der Waals surface area contributed by atoms with E-state index in [0.717, 1.165) is 4.68 Å². The quantitative estimate of drug-likeness (QED) is 0.633. The highest BCUT2D eigenvalue weighted by Gasteiger charge is 2.44. The van der Waals surface area contributed by atoms with Gasteiger partial charge in [-0.25, -0.2) is 4.68 Å². The van der Waals surface area contributed by atoms with Gasteiger partial charge in [-0.1, -0.05) is 28.4 Å². The van der Waals surface area contributed by atoms with Crippen LogP contribution in [0.3, 0.4) is 0 Å². The summed E-state index contributed by atoms with van der Waals surface area (Å²) in [5.74, 6) is -1.04. The van der Waals surface area contributed by atoms with E-state index in [9.17, 15) is 18.0 Å². The molecule has 0 saturated heterocycles. The molecule has 146 valence electrons. The third-order valence-electron chi connectivity index (χ3n) is 4.06. The third kappa shape index (κ3) is 3.69. The van der Waals surface area contributed by atoms with Crippen LogP contribution in [0.1, 0.15) is 35.1 Å². The van der Waals surface area contributed by atoms with Crippen molar-refractivity contribution < 1.29 is 18.0 Å². The predicted octanol–water partition coefficient (Wildman–Crippen LogP) is 4.58. The van der Waals surface area contributed by atoms with Crippen molar-refractivity contribution in [2.24, 2.45) is 0 Å². The van der Waals surface area contributed by atoms with Gasteiger partial charge in [0.05, 0.1) is 11.7 Å². The molecule has 0 radical (unpaired) electrons. The van der Waals surface area contributed by atoms with Crippen LogP contribution in [-0.4, -0.2) is 31.1 Å². The molecule has 3 aromatic rings. The van der Waals surface area contributed by atoms with E-state index in [2.05, 4.69) is 25.8 Å². The largest absolute Gasteiger partial charge is 0.435 e. The fraction of sp³-hybridized carbons (Fsp3) is 0.250. The summed E-state index contributed by atoms with van der Waals surface area (Å²) >= 11 is 11.9. The summed E-state index contributed by atoms with van der Waals surface area (Å²) in [5, 5.41) is 16.6. The molecule has 0 aliphatic heterocycles. The van der Waals surface area contributed by atoms with Gasteiger partial charge in [0.2, 0.25) is 0 Å². The van der Waals surface area contributed by atoms with E-state index in [0.29, 0.717) is 34.1 Å². The molecule has 2 N–H and O–H groups in total. The number of benzene rings is 1. The van der Waals surface area contributed by atoms with Gasteiger partial charge in [0.25, 0.3) is 5.91 Å². The molecule has 2 aromatic heterocycles. The first-order valence-electron chi connectivity index (χ1n) is 8.08. The molecule has 1 saturated carbocycles. The predicted molar refractivity (Wildman–Crippen MR) is 95.3 cm³/mol. The fourth-order valence-electron chi connectivity index (χ4n) is 2.70. The summed E-state index contributed by atoms with van der Waals surface area (Å²) in [5.41, 5.74) is -0.891. The van der Waals surface area contributed by atoms with Gasteiger partial charge >= 0.3 is 6.18 Å². The van der Waals surface area contributed by atoms with E-state index in [1.165, 1.54) is 6.07 Å². The standard InChI is InChI=1S/C16H11Cl2F3N6O/c17-8-3-7(4-9(18)5-8)11-6-12(24-23-11)22-15(28)13-14(16(19,20)21)27(26-25-13)10-1-2-10/h3-6,10H,1-2H2,(H2,22,23,24,28). The summed E-state index contributed by atoms with van der Waals surface area (Å²) in [6.45, 7) is 0. The van der Waals surface area contributed by atoms with Crippen molar-refractivity contribution in [3.8, 4) is 11.3 Å². The maximum absolute atomic E-state index is 13.4. The molecule has 1 aliphatic rings. The molecule has 1 aliphatic carbocycles. The number of hydrogen-bond acceptors (Lipinski definition) is 4. The highest BCUT2D eigenvalue weighted by molar-refractivity contribution is 6.35. The van der Waals surface area contributed by atoms with Crippen LogP contribution in [0.4, 0.5) is 19.0 Å². The fourth-order valence-corrected chi connectivity index (χ4v) is 3.23. The average Bonchev–Trinajstić information content (AvgIpc) is 3.15. The van der Waals surface area contributed by atoms with E-state index in [4.69, 9.17) is 23.2 Å². The Morgan fingerprint density at radius 1 is 1.18 bits per heavy atom. The van der Waals surface area contributed by atoms with Crippen LogP contribution >= 0.6 is 23.2 Å². The number of hydrogen-bond donors (Lipinski definition) is 2. The van der Waals surface area contributed by atoms with Crippen LogP contribution in [0, 0.1) is 0 Å². The minimum Gasteiger partial charge on any atom is -0.304 e. The van der Waals surface area contributed by atoms with Gasteiger partial charge in [0, 0.05) is 21.7 Å². The minimum absolute atomic E-state index is 0.0187. The van der Waals surface area contributed by atoms with E-state index < -0.39 is 23.5 Å². The van der Waals surface area contributed by atoms with Crippen molar-refractivity contribution in [1.82, 2.24) is 25.2 Å². The SMILES string of the molecule is O=C(Nc1cc(-c2cc(Cl)cc(Cl)c2)[nH]n1)c1nnn(C2CC2)c1C(F)(F)F. The normalized spacial score (nSPS) is 14.3. The zero-order valence-electron chi connectivity index (χ0n) is 13.9. The zero-order chi connectivity index (χ0) is 20.1. The van der Waals surface area contributed by atoms with Crippen molar-refractivity contribution >= 4 is 34.9 Å². The molecular formula is C16H11Cl2F3N6O. The van der Waals surface area contributed by atoms with Crippen LogP contribution in [0.15, 0.2) is 24.3 Å². The summed E-state index contributed by atoms with van der Waals surface area (Å²) in [4.78, 5) is 12.4. The lowest BCUT2D eigenvalue weighted by Gasteiger charge is -2.10. The Balaban J connectivity index is 1.59. The summed E-state index contributed by atoms with van der Waals surface area (Å²) in [6, 6.07) is 5.85. The van der Waals surface area contributed by atoms with E-state index in [1.54, 1.807) is 18.2 Å². The van der Waals surface area contributed by atoms with Crippen LogP contribution in [0.2, 0.25) is 10.0 Å². The first-order chi connectivity index (χ1) is 13.2. The van der Waals surface area contributed by atoms with Gasteiger partial charge < -0.3 is 5.32 Å². The lowest BCUT2D eigenvalue weighted by molar-refractivity contribution is -0.144. The molecule has 0 atom stereocenters. The number of alkyl halides is 3. The van der Waals surface area contributed by atoms with Crippen LogP contribution in [0.25, 0.3) is 11.3 Å². The highest BCUT2D eigenvalue weighted by atomic mass is 35.5. The molecule has 1 aromatic carbocycles. The molecule has 0 unspecified atom stereocenters. The van der Waals surface area contributed by atoms with Gasteiger partial charge in [-0.15, -0.1) is 5.10 Å². The molecule has 1 amide bonds. The minimum atomic E-state index is -4.76. The van der Waals surface area contributed by atoms with Gasteiger partial charge in [0.15, 0.2) is 17.2 Å². The van der Waals surface area contributed by atoms with Crippen molar-refractivity contribution in [1.29, 1.82) is 0 Å². The highest BCUT2D eigenvalue weighted by Crippen LogP contribution is 2.40. The zero-order valence-corrected chi connectivity index (χ0v) is 15.4. The van der Waals surface area contributed by atoms with Crippen molar-refractivity contribution in [2.75, 3.05) is 5.32 Å². The Hall–Kier alpha value is -2.59. The second kappa shape index (κ2) is 6.78. The van der Waals surface area contributed by atoms with E-state index in [-0.39, 0.29) is 11.9 Å². The molecule has 2 heterocycles. The molecule has 0 bridgehead atoms. The van der Waals surface area contributed by atoms with Gasteiger partial charge in [-0.2, -0.15) is 18.3 Å². The Morgan fingerprint density at radius 2 is 1.86 bits per heavy atom. The summed E-state index contributed by atoms with van der Waals surface area (Å²) in [7, 11) is 0. The lowest BCUT2D eigenvalue weighted by atomic mass is 10.1. The molecule has 7 nitrogen and oxygen atoms in total. The maximum Gasteiger partial charge on any atom is 0.435 e. The Kier molecular flexibility index (Phi) is 4.54. The number of nitrogens with one attached hydrogen (secondary N) is 2. The number of aromatic nitrogens is 5. The van der Waals surface area contributed by atoms with Crippen molar-refractivity contribution in [2.45, 2.75) is 25.1 Å². The third-order valence-corrected chi connectivity index (χ3v) is 4.50. The maximum atomic E-state index is 13.4. The molecule has 12 heteroatoms. The number of carbonyl (C=O) groups is 1. The summed E-state index contributed by atoms with van der Waals surface area (Å²) in [6.07, 6.45) is -3.62. The Labute approximate surface area is 165 Å². The lowest BCUT2D eigenvalue weighted by Crippen LogP contribution is -2.21. The average molecular weight is 431 g/mol. The molecule has 4 rings (SSSR count). The first kappa shape index (κ1) is 18.8. The second-order valence-corrected chi connectivity index (χ2v) is 7.11. The van der Waals surface area contributed by atoms with Crippen molar-refractivity contribution in [3.63, 3.8) is 0 Å². The number of nitrogens with zero attached hydrogens (tertiary/aromatic N) is 4. The number of amides is 1. The van der Waals surface area contributed by atoms with Crippen molar-refractivity contribution in [3.05, 3.63) is 45.7 Å². The number of halogens is 5. The number of H-pyrrole nitrogens is 1. The topological polar surface area (TPSA) is 88.5 Å². The first-order valence-corrected chi connectivity index (χ1v) is 8.83. The molecular weight excluding hydrogens is 420 g/mol. The Morgan fingerprint density at radius 3 is 2.46 bits per heavy atom. The monoisotopic (exact) mass is 430 g/mol. The smallest absolute Gasteiger partial charge is 0.304 e. The Bertz CT molecular complexity index is 1040.